The van der Waals surface area contributed by atoms with Crippen LogP contribution in [0.2, 0.25) is 0 Å². The minimum atomic E-state index is -1.13. The first-order valence-corrected chi connectivity index (χ1v) is 4.83. The summed E-state index contributed by atoms with van der Waals surface area (Å²) in [4.78, 5) is 0. The first kappa shape index (κ1) is 11.5. The first-order valence-electron chi connectivity index (χ1n) is 3.86. The van der Waals surface area contributed by atoms with Crippen LogP contribution in [0.25, 0.3) is 0 Å². The summed E-state index contributed by atoms with van der Waals surface area (Å²) in [6.45, 7) is 0. The van der Waals surface area contributed by atoms with Crippen molar-refractivity contribution < 1.29 is 19.7 Å². The van der Waals surface area contributed by atoms with E-state index in [-0.39, 0.29) is 5.88 Å². The van der Waals surface area contributed by atoms with E-state index < -0.39 is 30.0 Å². The van der Waals surface area contributed by atoms with Crippen molar-refractivity contribution in [2.45, 2.75) is 30.0 Å². The highest BCUT2D eigenvalue weighted by Gasteiger charge is 2.43. The lowest BCUT2D eigenvalue weighted by atomic mass is 10.0. The van der Waals surface area contributed by atoms with Crippen LogP contribution in [-0.4, -0.2) is 53.2 Å². The summed E-state index contributed by atoms with van der Waals surface area (Å²) < 4.78 is 9.99. The van der Waals surface area contributed by atoms with E-state index in [0.29, 0.717) is 0 Å². The topological polar surface area (TPSA) is 58.9 Å². The van der Waals surface area contributed by atoms with Crippen LogP contribution in [-0.2, 0) is 9.47 Å². The van der Waals surface area contributed by atoms with Gasteiger partial charge in [0.05, 0.1) is 17.4 Å². The molecule has 1 saturated heterocycles. The highest BCUT2D eigenvalue weighted by atomic mass is 35.5. The van der Waals surface area contributed by atoms with Crippen LogP contribution in [0.15, 0.2) is 0 Å². The van der Waals surface area contributed by atoms with Gasteiger partial charge in [0, 0.05) is 7.11 Å². The normalized spacial score (nSPS) is 46.4. The minimum absolute atomic E-state index is 0.151. The Bertz CT molecular complexity index is 149. The van der Waals surface area contributed by atoms with Gasteiger partial charge in [-0.3, -0.25) is 0 Å². The fourth-order valence-electron chi connectivity index (χ4n) is 1.21. The minimum Gasteiger partial charge on any atom is -0.389 e. The Morgan fingerprint density at radius 2 is 2.00 bits per heavy atom. The third-order valence-corrected chi connectivity index (χ3v) is 2.85. The SMILES string of the molecule is CO[C@@H]1O[C@H](CCl)[C@H](Cl)[C@H](O)[C@H]1O. The molecule has 78 valence electrons. The number of aliphatic hydroxyl groups excluding tert-OH is 2. The molecular weight excluding hydrogens is 219 g/mol. The number of methoxy groups -OCH3 is 1. The monoisotopic (exact) mass is 230 g/mol. The summed E-state index contributed by atoms with van der Waals surface area (Å²) in [6, 6.07) is 0. The highest BCUT2D eigenvalue weighted by molar-refractivity contribution is 6.23. The molecule has 5 atom stereocenters. The van der Waals surface area contributed by atoms with Gasteiger partial charge in [-0.1, -0.05) is 0 Å². The van der Waals surface area contributed by atoms with Gasteiger partial charge >= 0.3 is 0 Å². The lowest BCUT2D eigenvalue weighted by Crippen LogP contribution is -2.56. The molecule has 0 amide bonds. The fourth-order valence-corrected chi connectivity index (χ4v) is 1.87. The Hall–Kier alpha value is 0.420. The average molecular weight is 231 g/mol. The van der Waals surface area contributed by atoms with Crippen LogP contribution >= 0.6 is 23.2 Å². The smallest absolute Gasteiger partial charge is 0.186 e. The average Bonchev–Trinajstić information content (AvgIpc) is 2.15. The summed E-state index contributed by atoms with van der Waals surface area (Å²) in [7, 11) is 1.38. The molecule has 0 saturated carbocycles. The van der Waals surface area contributed by atoms with Crippen LogP contribution in [0.1, 0.15) is 0 Å². The molecule has 0 aromatic rings. The molecule has 4 nitrogen and oxygen atoms in total. The predicted octanol–water partition coefficient (Wildman–Crippen LogP) is -0.0743. The molecular formula is C7H12Cl2O4. The second-order valence-corrected chi connectivity index (χ2v) is 3.67. The number of alkyl halides is 2. The van der Waals surface area contributed by atoms with Gasteiger partial charge < -0.3 is 19.7 Å². The van der Waals surface area contributed by atoms with Crippen LogP contribution in [0, 0.1) is 0 Å². The largest absolute Gasteiger partial charge is 0.389 e. The van der Waals surface area contributed by atoms with Crippen LogP contribution in [0.4, 0.5) is 0 Å². The summed E-state index contributed by atoms with van der Waals surface area (Å²) >= 11 is 11.3. The molecule has 0 aliphatic carbocycles. The number of ether oxygens (including phenoxy) is 2. The number of aliphatic hydroxyl groups is 2. The van der Waals surface area contributed by atoms with E-state index in [4.69, 9.17) is 32.7 Å². The lowest BCUT2D eigenvalue weighted by molar-refractivity contribution is -0.251. The maximum absolute atomic E-state index is 9.45. The zero-order valence-corrected chi connectivity index (χ0v) is 8.57. The Morgan fingerprint density at radius 1 is 1.38 bits per heavy atom. The van der Waals surface area contributed by atoms with Crippen molar-refractivity contribution in [2.75, 3.05) is 13.0 Å². The van der Waals surface area contributed by atoms with Gasteiger partial charge in [0.1, 0.15) is 12.2 Å². The van der Waals surface area contributed by atoms with Crippen molar-refractivity contribution in [3.8, 4) is 0 Å². The van der Waals surface area contributed by atoms with Crippen molar-refractivity contribution in [1.29, 1.82) is 0 Å². The molecule has 0 aromatic carbocycles. The molecule has 0 unspecified atom stereocenters. The van der Waals surface area contributed by atoms with E-state index >= 15 is 0 Å². The summed E-state index contributed by atoms with van der Waals surface area (Å²) in [5.74, 6) is 0.151. The summed E-state index contributed by atoms with van der Waals surface area (Å²) in [5, 5.41) is 18.1. The molecule has 2 N–H and O–H groups in total. The van der Waals surface area contributed by atoms with Crippen molar-refractivity contribution in [1.82, 2.24) is 0 Å². The highest BCUT2D eigenvalue weighted by Crippen LogP contribution is 2.26. The van der Waals surface area contributed by atoms with Gasteiger partial charge in [0.25, 0.3) is 0 Å². The molecule has 1 rings (SSSR count). The third kappa shape index (κ3) is 2.26. The maximum atomic E-state index is 9.45. The van der Waals surface area contributed by atoms with E-state index in [1.807, 2.05) is 0 Å². The summed E-state index contributed by atoms with van der Waals surface area (Å²) in [6.07, 6.45) is -3.59. The third-order valence-electron chi connectivity index (χ3n) is 2.00. The molecule has 1 aliphatic heterocycles. The lowest BCUT2D eigenvalue weighted by Gasteiger charge is -2.38. The second-order valence-electron chi connectivity index (χ2n) is 2.86. The van der Waals surface area contributed by atoms with E-state index in [2.05, 4.69) is 0 Å². The number of halogens is 2. The molecule has 0 aromatic heterocycles. The van der Waals surface area contributed by atoms with E-state index in [1.54, 1.807) is 0 Å². The molecule has 0 radical (unpaired) electrons. The maximum Gasteiger partial charge on any atom is 0.186 e. The first-order chi connectivity index (χ1) is 6.11. The predicted molar refractivity (Wildman–Crippen MR) is 48.0 cm³/mol. The molecule has 13 heavy (non-hydrogen) atoms. The van der Waals surface area contributed by atoms with Crippen molar-refractivity contribution in [2.24, 2.45) is 0 Å². The Balaban J connectivity index is 2.66. The Morgan fingerprint density at radius 3 is 2.46 bits per heavy atom. The number of hydrogen-bond acceptors (Lipinski definition) is 4. The summed E-state index contributed by atoms with van der Waals surface area (Å²) in [5.41, 5.74) is 0. The van der Waals surface area contributed by atoms with E-state index in [1.165, 1.54) is 7.11 Å². The Kier molecular flexibility index (Phi) is 4.22. The zero-order chi connectivity index (χ0) is 10.0. The quantitative estimate of drug-likeness (QED) is 0.653. The van der Waals surface area contributed by atoms with Crippen molar-refractivity contribution >= 4 is 23.2 Å². The standard InChI is InChI=1S/C7H12Cl2O4/c1-12-7-6(11)5(10)4(9)3(2-8)13-7/h3-7,10-11H,2H2,1H3/t3-,4+,5+,6-,7-/m1/s1. The van der Waals surface area contributed by atoms with Crippen LogP contribution in [0.5, 0.6) is 0 Å². The van der Waals surface area contributed by atoms with E-state index in [9.17, 15) is 10.2 Å². The second kappa shape index (κ2) is 4.77. The number of hydrogen-bond donors (Lipinski definition) is 2. The van der Waals surface area contributed by atoms with Crippen molar-refractivity contribution in [3.05, 3.63) is 0 Å². The van der Waals surface area contributed by atoms with Gasteiger partial charge in [-0.05, 0) is 0 Å². The van der Waals surface area contributed by atoms with Crippen molar-refractivity contribution in [3.63, 3.8) is 0 Å². The van der Waals surface area contributed by atoms with Gasteiger partial charge in [-0.25, -0.2) is 0 Å². The van der Waals surface area contributed by atoms with Crippen LogP contribution < -0.4 is 0 Å². The van der Waals surface area contributed by atoms with Gasteiger partial charge in [-0.2, -0.15) is 0 Å². The zero-order valence-electron chi connectivity index (χ0n) is 7.06. The molecule has 0 spiro atoms. The molecule has 1 heterocycles. The molecule has 0 bridgehead atoms. The van der Waals surface area contributed by atoms with Gasteiger partial charge in [0.2, 0.25) is 0 Å². The van der Waals surface area contributed by atoms with Gasteiger partial charge in [0.15, 0.2) is 6.29 Å². The van der Waals surface area contributed by atoms with E-state index in [0.717, 1.165) is 0 Å². The van der Waals surface area contributed by atoms with Gasteiger partial charge in [-0.15, -0.1) is 23.2 Å². The molecule has 1 aliphatic rings. The fraction of sp³-hybridized carbons (Fsp3) is 1.00. The van der Waals surface area contributed by atoms with Crippen LogP contribution in [0.3, 0.4) is 0 Å². The number of rotatable bonds is 2. The molecule has 1 fully saturated rings. The Labute approximate surface area is 86.3 Å². The molecule has 6 heteroatoms.